The Morgan fingerprint density at radius 3 is 2.35 bits per heavy atom. The Hall–Kier alpha value is -2.87. The normalized spacial score (nSPS) is 12.4. The van der Waals surface area contributed by atoms with Gasteiger partial charge in [-0.2, -0.15) is 8.78 Å². The van der Waals surface area contributed by atoms with Crippen molar-refractivity contribution < 1.29 is 33.0 Å². The predicted molar refractivity (Wildman–Crippen MR) is 113 cm³/mol. The van der Waals surface area contributed by atoms with Crippen molar-refractivity contribution in [1.82, 2.24) is 5.32 Å². The van der Waals surface area contributed by atoms with E-state index in [0.717, 1.165) is 0 Å². The Bertz CT molecular complexity index is 916. The molecule has 0 aliphatic rings. The minimum Gasteiger partial charge on any atom is -0.481 e. The standard InChI is InChI=1S/C22H24ClF2NO5/c1-22(2,3)31-21(29)26-15(12-19(27)28)11-17-16(13-7-5-4-6-8-13)9-14(23)10-18(17)30-20(24)25/h4-10,15,20H,11-12H2,1-3H3,(H,26,29)(H,27,28)/t15-/m1/s1. The first-order valence-electron chi connectivity index (χ1n) is 9.48. The van der Waals surface area contributed by atoms with E-state index in [2.05, 4.69) is 10.1 Å². The largest absolute Gasteiger partial charge is 0.481 e. The SMILES string of the molecule is CC(C)(C)OC(=O)N[C@@H](CC(=O)O)Cc1c(OC(F)F)cc(Cl)cc1-c1ccccc1. The molecule has 0 fully saturated rings. The van der Waals surface area contributed by atoms with Gasteiger partial charge in [-0.3, -0.25) is 4.79 Å². The molecule has 0 spiro atoms. The van der Waals surface area contributed by atoms with Crippen molar-refractivity contribution >= 4 is 23.7 Å². The summed E-state index contributed by atoms with van der Waals surface area (Å²) < 4.78 is 36.0. The van der Waals surface area contributed by atoms with Gasteiger partial charge in [-0.25, -0.2) is 4.79 Å². The Morgan fingerprint density at radius 1 is 1.16 bits per heavy atom. The summed E-state index contributed by atoms with van der Waals surface area (Å²) in [6.45, 7) is 1.89. The molecule has 1 atom stereocenters. The van der Waals surface area contributed by atoms with E-state index < -0.39 is 36.7 Å². The van der Waals surface area contributed by atoms with Crippen LogP contribution in [0.3, 0.4) is 0 Å². The van der Waals surface area contributed by atoms with Gasteiger partial charge < -0.3 is 19.9 Å². The van der Waals surface area contributed by atoms with Crippen LogP contribution in [0, 0.1) is 0 Å². The highest BCUT2D eigenvalue weighted by Crippen LogP contribution is 2.36. The second-order valence-corrected chi connectivity index (χ2v) is 8.26. The first-order chi connectivity index (χ1) is 14.4. The van der Waals surface area contributed by atoms with E-state index in [1.165, 1.54) is 6.07 Å². The summed E-state index contributed by atoms with van der Waals surface area (Å²) >= 11 is 6.12. The quantitative estimate of drug-likeness (QED) is 0.547. The van der Waals surface area contributed by atoms with Crippen LogP contribution in [0.2, 0.25) is 5.02 Å². The Kier molecular flexibility index (Phi) is 8.21. The highest BCUT2D eigenvalue weighted by molar-refractivity contribution is 6.31. The van der Waals surface area contributed by atoms with E-state index in [-0.39, 0.29) is 17.2 Å². The molecule has 2 rings (SSSR count). The van der Waals surface area contributed by atoms with Crippen LogP contribution in [0.1, 0.15) is 32.8 Å². The van der Waals surface area contributed by atoms with Crippen molar-refractivity contribution in [2.45, 2.75) is 51.9 Å². The number of alkyl halides is 2. The summed E-state index contributed by atoms with van der Waals surface area (Å²) in [4.78, 5) is 23.6. The van der Waals surface area contributed by atoms with Gasteiger partial charge in [0.2, 0.25) is 0 Å². The number of alkyl carbamates (subject to hydrolysis) is 1. The third-order valence-corrected chi connectivity index (χ3v) is 4.29. The predicted octanol–water partition coefficient (Wildman–Crippen LogP) is 5.52. The van der Waals surface area contributed by atoms with Crippen LogP contribution in [0.4, 0.5) is 13.6 Å². The molecule has 31 heavy (non-hydrogen) atoms. The number of hydrogen-bond donors (Lipinski definition) is 2. The zero-order valence-corrected chi connectivity index (χ0v) is 18.1. The number of carboxylic acid groups (broad SMARTS) is 1. The van der Waals surface area contributed by atoms with Gasteiger partial charge >= 0.3 is 18.7 Å². The first kappa shape index (κ1) is 24.4. The van der Waals surface area contributed by atoms with Crippen LogP contribution in [-0.4, -0.2) is 35.4 Å². The fourth-order valence-corrected chi connectivity index (χ4v) is 3.21. The van der Waals surface area contributed by atoms with Crippen LogP contribution < -0.4 is 10.1 Å². The number of benzene rings is 2. The molecule has 6 nitrogen and oxygen atoms in total. The maximum absolute atomic E-state index is 13.1. The second kappa shape index (κ2) is 10.4. The molecular formula is C22H24ClF2NO5. The molecule has 0 radical (unpaired) electrons. The van der Waals surface area contributed by atoms with Crippen LogP contribution in [0.15, 0.2) is 42.5 Å². The van der Waals surface area contributed by atoms with Crippen LogP contribution >= 0.6 is 11.6 Å². The zero-order chi connectivity index (χ0) is 23.2. The fraction of sp³-hybridized carbons (Fsp3) is 0.364. The molecule has 0 aliphatic heterocycles. The van der Waals surface area contributed by atoms with Gasteiger partial charge in [0.1, 0.15) is 11.4 Å². The minimum absolute atomic E-state index is 0.102. The number of carboxylic acids is 1. The molecule has 0 saturated carbocycles. The summed E-state index contributed by atoms with van der Waals surface area (Å²) in [5.41, 5.74) is 0.658. The van der Waals surface area contributed by atoms with Gasteiger partial charge in [0.15, 0.2) is 0 Å². The number of halogens is 3. The number of amides is 1. The van der Waals surface area contributed by atoms with Gasteiger partial charge in [-0.15, -0.1) is 0 Å². The summed E-state index contributed by atoms with van der Waals surface area (Å²) in [6, 6.07) is 10.7. The lowest BCUT2D eigenvalue weighted by atomic mass is 9.93. The number of ether oxygens (including phenoxy) is 2. The molecule has 0 aromatic heterocycles. The maximum atomic E-state index is 13.1. The number of aliphatic carboxylic acids is 1. The average Bonchev–Trinajstić information content (AvgIpc) is 2.61. The Morgan fingerprint density at radius 2 is 1.81 bits per heavy atom. The molecule has 0 unspecified atom stereocenters. The smallest absolute Gasteiger partial charge is 0.407 e. The zero-order valence-electron chi connectivity index (χ0n) is 17.3. The molecule has 2 aromatic rings. The first-order valence-corrected chi connectivity index (χ1v) is 9.86. The molecule has 1 amide bonds. The second-order valence-electron chi connectivity index (χ2n) is 7.82. The topological polar surface area (TPSA) is 84.9 Å². The van der Waals surface area contributed by atoms with Crippen molar-refractivity contribution in [3.05, 3.63) is 53.1 Å². The van der Waals surface area contributed by atoms with Crippen molar-refractivity contribution in [3.63, 3.8) is 0 Å². The number of carbonyl (C=O) groups excluding carboxylic acids is 1. The summed E-state index contributed by atoms with van der Waals surface area (Å²) in [5, 5.41) is 12.0. The van der Waals surface area contributed by atoms with Crippen LogP contribution in [0.5, 0.6) is 5.75 Å². The van der Waals surface area contributed by atoms with Gasteiger partial charge in [-0.05, 0) is 50.5 Å². The number of nitrogens with one attached hydrogen (secondary N) is 1. The van der Waals surface area contributed by atoms with E-state index in [0.29, 0.717) is 16.7 Å². The molecule has 168 valence electrons. The molecule has 2 aromatic carbocycles. The molecular weight excluding hydrogens is 432 g/mol. The maximum Gasteiger partial charge on any atom is 0.407 e. The molecule has 0 saturated heterocycles. The Labute approximate surface area is 184 Å². The molecule has 0 bridgehead atoms. The van der Waals surface area contributed by atoms with Gasteiger partial charge in [0.05, 0.1) is 6.42 Å². The number of carbonyl (C=O) groups is 2. The monoisotopic (exact) mass is 455 g/mol. The highest BCUT2D eigenvalue weighted by atomic mass is 35.5. The summed E-state index contributed by atoms with van der Waals surface area (Å²) in [5.74, 6) is -1.37. The molecule has 0 aliphatic carbocycles. The lowest BCUT2D eigenvalue weighted by Crippen LogP contribution is -2.41. The van der Waals surface area contributed by atoms with Gasteiger partial charge in [0.25, 0.3) is 0 Å². The molecule has 9 heteroatoms. The lowest BCUT2D eigenvalue weighted by Gasteiger charge is -2.24. The van der Waals surface area contributed by atoms with Gasteiger partial charge in [0, 0.05) is 16.6 Å². The third kappa shape index (κ3) is 8.05. The van der Waals surface area contributed by atoms with E-state index in [1.54, 1.807) is 57.2 Å². The molecule has 2 N–H and O–H groups in total. The number of rotatable bonds is 8. The summed E-state index contributed by atoms with van der Waals surface area (Å²) in [7, 11) is 0. The van der Waals surface area contributed by atoms with E-state index in [1.807, 2.05) is 0 Å². The number of hydrogen-bond acceptors (Lipinski definition) is 4. The van der Waals surface area contributed by atoms with E-state index in [9.17, 15) is 23.5 Å². The van der Waals surface area contributed by atoms with E-state index >= 15 is 0 Å². The van der Waals surface area contributed by atoms with Gasteiger partial charge in [-0.1, -0.05) is 41.9 Å². The van der Waals surface area contributed by atoms with E-state index in [4.69, 9.17) is 16.3 Å². The van der Waals surface area contributed by atoms with Crippen molar-refractivity contribution in [2.24, 2.45) is 0 Å². The van der Waals surface area contributed by atoms with Crippen molar-refractivity contribution in [3.8, 4) is 16.9 Å². The summed E-state index contributed by atoms with van der Waals surface area (Å²) in [6.07, 6.45) is -1.37. The minimum atomic E-state index is -3.11. The van der Waals surface area contributed by atoms with Crippen LogP contribution in [-0.2, 0) is 16.0 Å². The van der Waals surface area contributed by atoms with Crippen molar-refractivity contribution in [1.29, 1.82) is 0 Å². The molecule has 0 heterocycles. The fourth-order valence-electron chi connectivity index (χ4n) is 3.00. The average molecular weight is 456 g/mol. The lowest BCUT2D eigenvalue weighted by molar-refractivity contribution is -0.137. The Balaban J connectivity index is 2.48. The highest BCUT2D eigenvalue weighted by Gasteiger charge is 2.25. The van der Waals surface area contributed by atoms with Crippen molar-refractivity contribution in [2.75, 3.05) is 0 Å². The van der Waals surface area contributed by atoms with Crippen LogP contribution in [0.25, 0.3) is 11.1 Å². The third-order valence-electron chi connectivity index (χ3n) is 4.07.